The highest BCUT2D eigenvalue weighted by Crippen LogP contribution is 2.29. The van der Waals surface area contributed by atoms with Crippen LogP contribution in [0.1, 0.15) is 34.0 Å². The first-order valence-corrected chi connectivity index (χ1v) is 5.83. The van der Waals surface area contributed by atoms with E-state index in [1.165, 1.54) is 0 Å². The van der Waals surface area contributed by atoms with Gasteiger partial charge >= 0.3 is 0 Å². The molecule has 0 saturated heterocycles. The van der Waals surface area contributed by atoms with Crippen LogP contribution in [0.15, 0.2) is 6.07 Å². The van der Waals surface area contributed by atoms with Crippen molar-refractivity contribution in [3.63, 3.8) is 0 Å². The van der Waals surface area contributed by atoms with Crippen molar-refractivity contribution >= 4 is 5.78 Å². The predicted octanol–water partition coefficient (Wildman–Crippen LogP) is 2.40. The molecule has 0 heterocycles. The third-order valence-corrected chi connectivity index (χ3v) is 3.30. The number of carbonyl (C=O) groups excluding carboxylic acids is 1. The number of nitrogens with two attached hydrogens (primary N) is 1. The topological polar surface area (TPSA) is 52.3 Å². The summed E-state index contributed by atoms with van der Waals surface area (Å²) >= 11 is 0. The molecule has 3 heteroatoms. The SMILES string of the molecule is COc1c(C)cc(C(=O)C(C)CN)c(C)c1C. The second-order valence-corrected chi connectivity index (χ2v) is 4.53. The van der Waals surface area contributed by atoms with Crippen molar-refractivity contribution in [3.05, 3.63) is 28.3 Å². The Labute approximate surface area is 103 Å². The molecule has 1 aromatic rings. The lowest BCUT2D eigenvalue weighted by molar-refractivity contribution is 0.0933. The van der Waals surface area contributed by atoms with Gasteiger partial charge in [0, 0.05) is 18.0 Å². The number of benzene rings is 1. The number of methoxy groups -OCH3 is 1. The van der Waals surface area contributed by atoms with Crippen LogP contribution in [0.3, 0.4) is 0 Å². The molecule has 2 N–H and O–H groups in total. The van der Waals surface area contributed by atoms with Gasteiger partial charge in [-0.25, -0.2) is 0 Å². The van der Waals surface area contributed by atoms with Crippen LogP contribution in [0.4, 0.5) is 0 Å². The Balaban J connectivity index is 3.33. The number of rotatable bonds is 4. The second-order valence-electron chi connectivity index (χ2n) is 4.53. The molecule has 0 aromatic heterocycles. The van der Waals surface area contributed by atoms with Gasteiger partial charge in [0.1, 0.15) is 5.75 Å². The summed E-state index contributed by atoms with van der Waals surface area (Å²) in [6.07, 6.45) is 0. The molecule has 1 atom stereocenters. The number of aryl methyl sites for hydroxylation is 1. The minimum Gasteiger partial charge on any atom is -0.496 e. The Morgan fingerprint density at radius 1 is 1.35 bits per heavy atom. The van der Waals surface area contributed by atoms with Crippen molar-refractivity contribution in [2.75, 3.05) is 13.7 Å². The monoisotopic (exact) mass is 235 g/mol. The molecular weight excluding hydrogens is 214 g/mol. The van der Waals surface area contributed by atoms with Gasteiger partial charge in [-0.3, -0.25) is 4.79 Å². The maximum atomic E-state index is 12.2. The molecule has 0 saturated carbocycles. The fourth-order valence-electron chi connectivity index (χ4n) is 2.00. The van der Waals surface area contributed by atoms with E-state index in [0.717, 1.165) is 28.0 Å². The van der Waals surface area contributed by atoms with E-state index in [1.54, 1.807) is 7.11 Å². The van der Waals surface area contributed by atoms with E-state index in [2.05, 4.69) is 0 Å². The van der Waals surface area contributed by atoms with Crippen LogP contribution in [0, 0.1) is 26.7 Å². The molecular formula is C14H21NO2. The van der Waals surface area contributed by atoms with Crippen LogP contribution in [-0.4, -0.2) is 19.4 Å². The summed E-state index contributed by atoms with van der Waals surface area (Å²) in [6.45, 7) is 8.12. The molecule has 0 radical (unpaired) electrons. The number of hydrogen-bond donors (Lipinski definition) is 1. The molecule has 17 heavy (non-hydrogen) atoms. The molecule has 3 nitrogen and oxygen atoms in total. The first kappa shape index (κ1) is 13.7. The summed E-state index contributed by atoms with van der Waals surface area (Å²) in [5.74, 6) is 0.833. The van der Waals surface area contributed by atoms with E-state index in [4.69, 9.17) is 10.5 Å². The molecule has 0 aliphatic rings. The number of carbonyl (C=O) groups is 1. The fraction of sp³-hybridized carbons (Fsp3) is 0.500. The molecule has 1 unspecified atom stereocenters. The van der Waals surface area contributed by atoms with Gasteiger partial charge in [-0.2, -0.15) is 0 Å². The summed E-state index contributed by atoms with van der Waals surface area (Å²) in [5.41, 5.74) is 9.31. The lowest BCUT2D eigenvalue weighted by atomic mass is 9.91. The summed E-state index contributed by atoms with van der Waals surface area (Å²) < 4.78 is 5.34. The predicted molar refractivity (Wildman–Crippen MR) is 69.8 cm³/mol. The molecule has 0 bridgehead atoms. The number of ketones is 1. The molecule has 1 rings (SSSR count). The van der Waals surface area contributed by atoms with E-state index in [0.29, 0.717) is 6.54 Å². The Bertz CT molecular complexity index is 438. The lowest BCUT2D eigenvalue weighted by Crippen LogP contribution is -2.21. The van der Waals surface area contributed by atoms with Crippen LogP contribution in [-0.2, 0) is 0 Å². The van der Waals surface area contributed by atoms with Crippen molar-refractivity contribution in [2.45, 2.75) is 27.7 Å². The minimum absolute atomic E-state index is 0.110. The quantitative estimate of drug-likeness (QED) is 0.815. The zero-order valence-corrected chi connectivity index (χ0v) is 11.3. The minimum atomic E-state index is -0.138. The zero-order valence-electron chi connectivity index (χ0n) is 11.3. The van der Waals surface area contributed by atoms with Crippen LogP contribution in [0.25, 0.3) is 0 Å². The van der Waals surface area contributed by atoms with E-state index < -0.39 is 0 Å². The van der Waals surface area contributed by atoms with Gasteiger partial charge in [0.25, 0.3) is 0 Å². The van der Waals surface area contributed by atoms with E-state index in [9.17, 15) is 4.79 Å². The van der Waals surface area contributed by atoms with Crippen LogP contribution >= 0.6 is 0 Å². The lowest BCUT2D eigenvalue weighted by Gasteiger charge is -2.16. The van der Waals surface area contributed by atoms with Gasteiger partial charge in [-0.05, 0) is 43.5 Å². The van der Waals surface area contributed by atoms with Crippen molar-refractivity contribution in [2.24, 2.45) is 11.7 Å². The van der Waals surface area contributed by atoms with Gasteiger partial charge < -0.3 is 10.5 Å². The maximum absolute atomic E-state index is 12.2. The Kier molecular flexibility index (Phi) is 4.29. The molecule has 0 aliphatic carbocycles. The molecule has 0 amide bonds. The first-order chi connectivity index (χ1) is 7.93. The van der Waals surface area contributed by atoms with Crippen molar-refractivity contribution in [3.8, 4) is 5.75 Å². The van der Waals surface area contributed by atoms with E-state index in [1.807, 2.05) is 33.8 Å². The van der Waals surface area contributed by atoms with Crippen LogP contribution < -0.4 is 10.5 Å². The fourth-order valence-corrected chi connectivity index (χ4v) is 2.00. The Morgan fingerprint density at radius 2 is 1.94 bits per heavy atom. The Morgan fingerprint density at radius 3 is 2.41 bits per heavy atom. The van der Waals surface area contributed by atoms with Gasteiger partial charge in [0.2, 0.25) is 0 Å². The highest BCUT2D eigenvalue weighted by Gasteiger charge is 2.19. The van der Waals surface area contributed by atoms with Crippen molar-refractivity contribution < 1.29 is 9.53 Å². The molecule has 0 fully saturated rings. The average molecular weight is 235 g/mol. The molecule has 1 aromatic carbocycles. The smallest absolute Gasteiger partial charge is 0.167 e. The summed E-state index contributed by atoms with van der Waals surface area (Å²) in [7, 11) is 1.65. The normalized spacial score (nSPS) is 12.4. The number of hydrogen-bond acceptors (Lipinski definition) is 3. The zero-order chi connectivity index (χ0) is 13.2. The second kappa shape index (κ2) is 5.32. The van der Waals surface area contributed by atoms with Crippen molar-refractivity contribution in [1.29, 1.82) is 0 Å². The number of ether oxygens (including phenoxy) is 1. The van der Waals surface area contributed by atoms with Crippen LogP contribution in [0.2, 0.25) is 0 Å². The van der Waals surface area contributed by atoms with Crippen LogP contribution in [0.5, 0.6) is 5.75 Å². The highest BCUT2D eigenvalue weighted by molar-refractivity contribution is 5.99. The van der Waals surface area contributed by atoms with Gasteiger partial charge in [0.05, 0.1) is 7.11 Å². The third kappa shape index (κ3) is 2.50. The standard InChI is InChI=1S/C14H21NO2/c1-8-6-12(13(16)9(2)7-15)10(3)11(4)14(8)17-5/h6,9H,7,15H2,1-5H3. The number of Topliss-reactive ketones (excluding diaryl/α,β-unsaturated/α-hetero) is 1. The van der Waals surface area contributed by atoms with Crippen molar-refractivity contribution in [1.82, 2.24) is 0 Å². The largest absolute Gasteiger partial charge is 0.496 e. The molecule has 0 spiro atoms. The van der Waals surface area contributed by atoms with E-state index >= 15 is 0 Å². The maximum Gasteiger partial charge on any atom is 0.167 e. The van der Waals surface area contributed by atoms with E-state index in [-0.39, 0.29) is 11.7 Å². The van der Waals surface area contributed by atoms with Gasteiger partial charge in [-0.15, -0.1) is 0 Å². The highest BCUT2D eigenvalue weighted by atomic mass is 16.5. The summed E-state index contributed by atoms with van der Waals surface area (Å²) in [4.78, 5) is 12.2. The first-order valence-electron chi connectivity index (χ1n) is 5.83. The average Bonchev–Trinajstić information content (AvgIpc) is 2.32. The third-order valence-electron chi connectivity index (χ3n) is 3.30. The summed E-state index contributed by atoms with van der Waals surface area (Å²) in [6, 6.07) is 1.90. The molecule has 94 valence electrons. The van der Waals surface area contributed by atoms with Gasteiger partial charge in [-0.1, -0.05) is 6.92 Å². The Hall–Kier alpha value is -1.35. The molecule has 0 aliphatic heterocycles. The summed E-state index contributed by atoms with van der Waals surface area (Å²) in [5, 5.41) is 0. The van der Waals surface area contributed by atoms with Gasteiger partial charge in [0.15, 0.2) is 5.78 Å².